The Morgan fingerprint density at radius 2 is 2.24 bits per heavy atom. The van der Waals surface area contributed by atoms with E-state index in [0.29, 0.717) is 19.3 Å². The van der Waals surface area contributed by atoms with Crippen molar-refractivity contribution in [2.75, 3.05) is 32.6 Å². The van der Waals surface area contributed by atoms with Crippen molar-refractivity contribution in [2.45, 2.75) is 25.0 Å². The van der Waals surface area contributed by atoms with Gasteiger partial charge in [-0.1, -0.05) is 18.7 Å². The van der Waals surface area contributed by atoms with E-state index in [1.165, 1.54) is 0 Å². The zero-order valence-corrected chi connectivity index (χ0v) is 13.6. The van der Waals surface area contributed by atoms with Gasteiger partial charge in [0.25, 0.3) is 0 Å². The molecule has 0 bridgehead atoms. The molecule has 0 amide bonds. The quantitative estimate of drug-likeness (QED) is 0.697. The molecule has 0 radical (unpaired) electrons. The molecule has 1 aromatic heterocycles. The Labute approximate surface area is 129 Å². The highest BCUT2D eigenvalue weighted by molar-refractivity contribution is 7.99. The van der Waals surface area contributed by atoms with Crippen LogP contribution >= 0.6 is 11.8 Å². The van der Waals surface area contributed by atoms with Gasteiger partial charge in [0.05, 0.1) is 24.2 Å². The topological polar surface area (TPSA) is 59.2 Å². The first kappa shape index (κ1) is 16.1. The molecule has 21 heavy (non-hydrogen) atoms. The summed E-state index contributed by atoms with van der Waals surface area (Å²) >= 11 is 1.70. The summed E-state index contributed by atoms with van der Waals surface area (Å²) in [5.74, 6) is 1.79. The van der Waals surface area contributed by atoms with Crippen molar-refractivity contribution in [2.24, 2.45) is 0 Å². The lowest BCUT2D eigenvalue weighted by Crippen LogP contribution is -2.35. The number of likely N-dealkylation sites (N-methyl/N-ethyl adjacent to an activating group) is 1. The van der Waals surface area contributed by atoms with Crippen LogP contribution in [-0.2, 0) is 4.74 Å². The van der Waals surface area contributed by atoms with Crippen LogP contribution in [-0.4, -0.2) is 48.6 Å². The molecule has 1 atom stereocenters. The van der Waals surface area contributed by atoms with Gasteiger partial charge in [-0.3, -0.25) is 0 Å². The van der Waals surface area contributed by atoms with Gasteiger partial charge in [0.1, 0.15) is 5.75 Å². The maximum Gasteiger partial charge on any atom is 0.166 e. The van der Waals surface area contributed by atoms with Crippen LogP contribution in [0.5, 0.6) is 5.75 Å². The number of H-pyrrole nitrogens is 1. The molecule has 5 nitrogen and oxygen atoms in total. The predicted molar refractivity (Wildman–Crippen MR) is 87.3 cm³/mol. The molecule has 116 valence electrons. The van der Waals surface area contributed by atoms with E-state index in [1.807, 2.05) is 25.1 Å². The van der Waals surface area contributed by atoms with Crippen LogP contribution in [0.2, 0.25) is 0 Å². The number of aromatic amines is 1. The first-order chi connectivity index (χ1) is 10.3. The highest BCUT2D eigenvalue weighted by Crippen LogP contribution is 2.23. The average Bonchev–Trinajstić information content (AvgIpc) is 2.88. The number of aromatic nitrogens is 2. The first-order valence-corrected chi connectivity index (χ1v) is 8.23. The molecule has 0 aliphatic carbocycles. The summed E-state index contributed by atoms with van der Waals surface area (Å²) in [7, 11) is 1.73. The van der Waals surface area contributed by atoms with Gasteiger partial charge in [0.15, 0.2) is 5.16 Å². The molecule has 2 rings (SSSR count). The van der Waals surface area contributed by atoms with Gasteiger partial charge >= 0.3 is 0 Å². The summed E-state index contributed by atoms with van der Waals surface area (Å²) in [6.07, 6.45) is 0. The Balaban J connectivity index is 2.01. The van der Waals surface area contributed by atoms with E-state index in [4.69, 9.17) is 9.47 Å². The van der Waals surface area contributed by atoms with Gasteiger partial charge in [-0.15, -0.1) is 0 Å². The fourth-order valence-corrected chi connectivity index (χ4v) is 3.04. The fourth-order valence-electron chi connectivity index (χ4n) is 2.13. The Bertz CT molecular complexity index is 553. The summed E-state index contributed by atoms with van der Waals surface area (Å²) in [6.45, 7) is 6.39. The Morgan fingerprint density at radius 3 is 2.95 bits per heavy atom. The predicted octanol–water partition coefficient (Wildman–Crippen LogP) is 2.68. The van der Waals surface area contributed by atoms with E-state index in [0.717, 1.165) is 34.2 Å². The maximum atomic E-state index is 5.50. The van der Waals surface area contributed by atoms with Gasteiger partial charge in [-0.2, -0.15) is 0 Å². The molecule has 2 N–H and O–H groups in total. The summed E-state index contributed by atoms with van der Waals surface area (Å²) < 4.78 is 10.7. The van der Waals surface area contributed by atoms with Crippen LogP contribution in [0.15, 0.2) is 23.4 Å². The molecule has 0 fully saturated rings. The van der Waals surface area contributed by atoms with Crippen molar-refractivity contribution in [3.05, 3.63) is 18.2 Å². The number of benzene rings is 1. The monoisotopic (exact) mass is 309 g/mol. The summed E-state index contributed by atoms with van der Waals surface area (Å²) in [5, 5.41) is 4.33. The Kier molecular flexibility index (Phi) is 6.35. The van der Waals surface area contributed by atoms with Gasteiger partial charge in [0, 0.05) is 25.0 Å². The van der Waals surface area contributed by atoms with Crippen molar-refractivity contribution < 1.29 is 9.47 Å². The lowest BCUT2D eigenvalue weighted by molar-refractivity contribution is 0.174. The SMILES string of the molecule is CCNC(COC)CSc1nc2ccc(OCC)cc2[nH]1. The number of imidazole rings is 1. The molecule has 1 heterocycles. The summed E-state index contributed by atoms with van der Waals surface area (Å²) in [6, 6.07) is 6.26. The number of thioether (sulfide) groups is 1. The third kappa shape index (κ3) is 4.62. The Hall–Kier alpha value is -1.24. The molecule has 6 heteroatoms. The third-order valence-corrected chi connectivity index (χ3v) is 4.06. The van der Waals surface area contributed by atoms with Crippen molar-refractivity contribution in [1.82, 2.24) is 15.3 Å². The standard InChI is InChI=1S/C15H23N3O2S/c1-4-16-11(9-19-3)10-21-15-17-13-7-6-12(20-5-2)8-14(13)18-15/h6-8,11,16H,4-5,9-10H2,1-3H3,(H,17,18). The molecule has 0 aliphatic heterocycles. The highest BCUT2D eigenvalue weighted by Gasteiger charge is 2.10. The third-order valence-electron chi connectivity index (χ3n) is 3.02. The number of hydrogen-bond donors (Lipinski definition) is 2. The van der Waals surface area contributed by atoms with E-state index in [1.54, 1.807) is 18.9 Å². The molecule has 2 aromatic rings. The molecular formula is C15H23N3O2S. The zero-order chi connectivity index (χ0) is 15.1. The normalized spacial score (nSPS) is 12.7. The summed E-state index contributed by atoms with van der Waals surface area (Å²) in [5.41, 5.74) is 1.97. The minimum atomic E-state index is 0.331. The van der Waals surface area contributed by atoms with Crippen LogP contribution in [0.1, 0.15) is 13.8 Å². The molecule has 1 unspecified atom stereocenters. The van der Waals surface area contributed by atoms with E-state index in [2.05, 4.69) is 22.2 Å². The second-order valence-corrected chi connectivity index (χ2v) is 5.68. The zero-order valence-electron chi connectivity index (χ0n) is 12.8. The van der Waals surface area contributed by atoms with Gasteiger partial charge in [0.2, 0.25) is 0 Å². The Morgan fingerprint density at radius 1 is 1.38 bits per heavy atom. The number of rotatable bonds is 9. The lowest BCUT2D eigenvalue weighted by Gasteiger charge is -2.15. The van der Waals surface area contributed by atoms with Crippen LogP contribution in [0.25, 0.3) is 11.0 Å². The average molecular weight is 309 g/mol. The van der Waals surface area contributed by atoms with Crippen molar-refractivity contribution in [1.29, 1.82) is 0 Å². The second kappa shape index (κ2) is 8.26. The maximum absolute atomic E-state index is 5.50. The van der Waals surface area contributed by atoms with Crippen molar-refractivity contribution in [3.8, 4) is 5.75 Å². The van der Waals surface area contributed by atoms with Crippen molar-refractivity contribution >= 4 is 22.8 Å². The van der Waals surface area contributed by atoms with Crippen LogP contribution < -0.4 is 10.1 Å². The molecular weight excluding hydrogens is 286 g/mol. The molecule has 0 aliphatic rings. The van der Waals surface area contributed by atoms with E-state index >= 15 is 0 Å². The van der Waals surface area contributed by atoms with Crippen LogP contribution in [0.4, 0.5) is 0 Å². The number of ether oxygens (including phenoxy) is 2. The van der Waals surface area contributed by atoms with E-state index in [9.17, 15) is 0 Å². The van der Waals surface area contributed by atoms with Gasteiger partial charge in [-0.25, -0.2) is 4.98 Å². The first-order valence-electron chi connectivity index (χ1n) is 7.24. The van der Waals surface area contributed by atoms with Crippen LogP contribution in [0, 0.1) is 0 Å². The van der Waals surface area contributed by atoms with Gasteiger partial charge in [-0.05, 0) is 25.6 Å². The van der Waals surface area contributed by atoms with Crippen molar-refractivity contribution in [3.63, 3.8) is 0 Å². The lowest BCUT2D eigenvalue weighted by atomic mass is 10.3. The van der Waals surface area contributed by atoms with E-state index < -0.39 is 0 Å². The molecule has 0 spiro atoms. The number of hydrogen-bond acceptors (Lipinski definition) is 5. The van der Waals surface area contributed by atoms with E-state index in [-0.39, 0.29) is 0 Å². The minimum absolute atomic E-state index is 0.331. The summed E-state index contributed by atoms with van der Waals surface area (Å²) in [4.78, 5) is 7.93. The highest BCUT2D eigenvalue weighted by atomic mass is 32.2. The number of nitrogens with one attached hydrogen (secondary N) is 2. The fraction of sp³-hybridized carbons (Fsp3) is 0.533. The second-order valence-electron chi connectivity index (χ2n) is 4.67. The minimum Gasteiger partial charge on any atom is -0.494 e. The number of methoxy groups -OCH3 is 1. The molecule has 1 aromatic carbocycles. The molecule has 0 saturated carbocycles. The largest absolute Gasteiger partial charge is 0.494 e. The van der Waals surface area contributed by atoms with Gasteiger partial charge < -0.3 is 19.8 Å². The van der Waals surface area contributed by atoms with Crippen LogP contribution in [0.3, 0.4) is 0 Å². The molecule has 0 saturated heterocycles. The number of nitrogens with zero attached hydrogens (tertiary/aromatic N) is 1. The number of fused-ring (bicyclic) bond motifs is 1. The smallest absolute Gasteiger partial charge is 0.166 e.